The lowest BCUT2D eigenvalue weighted by molar-refractivity contribution is 0.0519. The third-order valence-corrected chi connectivity index (χ3v) is 3.80. The van der Waals surface area contributed by atoms with Crippen molar-refractivity contribution in [1.82, 2.24) is 9.88 Å². The summed E-state index contributed by atoms with van der Waals surface area (Å²) in [6.45, 7) is -0.184. The van der Waals surface area contributed by atoms with E-state index in [1.54, 1.807) is 37.5 Å². The summed E-state index contributed by atoms with van der Waals surface area (Å²) in [7, 11) is 1.56. The maximum Gasteiger partial charge on any atom is 0.263 e. The third-order valence-electron chi connectivity index (χ3n) is 3.80. The van der Waals surface area contributed by atoms with E-state index in [9.17, 15) is 14.7 Å². The number of aliphatic hydroxyl groups is 1. The van der Waals surface area contributed by atoms with Gasteiger partial charge in [0.25, 0.3) is 11.5 Å². The maximum absolute atomic E-state index is 12.3. The number of hydrogen-bond donors (Lipinski definition) is 2. The van der Waals surface area contributed by atoms with Crippen LogP contribution in [0.15, 0.2) is 68.9 Å². The molecule has 0 aromatic carbocycles. The van der Waals surface area contributed by atoms with Crippen LogP contribution in [-0.2, 0) is 12.6 Å². The standard InChI is InChI=1S/C17H16N2O5/c1-19-7-2-4-13(16(19)21)15(20)18-11-17(22,12-6-9-23-10-12)14-5-3-8-24-14/h2-10,22H,11H2,1H3,(H,18,20). The molecule has 0 saturated heterocycles. The van der Waals surface area contributed by atoms with Crippen LogP contribution in [0.25, 0.3) is 0 Å². The fourth-order valence-electron chi connectivity index (χ4n) is 2.42. The average molecular weight is 328 g/mol. The van der Waals surface area contributed by atoms with Gasteiger partial charge >= 0.3 is 0 Å². The molecule has 3 aromatic heterocycles. The fraction of sp³-hybridized carbons (Fsp3) is 0.176. The largest absolute Gasteiger partial charge is 0.472 e. The Hall–Kier alpha value is -3.06. The monoisotopic (exact) mass is 328 g/mol. The Bertz CT molecular complexity index is 844. The number of aromatic nitrogens is 1. The molecule has 0 saturated carbocycles. The van der Waals surface area contributed by atoms with Crippen molar-refractivity contribution in [1.29, 1.82) is 0 Å². The quantitative estimate of drug-likeness (QED) is 0.734. The lowest BCUT2D eigenvalue weighted by Gasteiger charge is -2.25. The number of furan rings is 2. The van der Waals surface area contributed by atoms with Crippen molar-refractivity contribution in [2.45, 2.75) is 5.60 Å². The second-order valence-corrected chi connectivity index (χ2v) is 5.37. The van der Waals surface area contributed by atoms with Gasteiger partial charge in [-0.2, -0.15) is 0 Å². The molecule has 1 amide bonds. The molecule has 0 aliphatic heterocycles. The van der Waals surface area contributed by atoms with Crippen molar-refractivity contribution in [3.05, 3.63) is 82.6 Å². The zero-order valence-electron chi connectivity index (χ0n) is 12.9. The lowest BCUT2D eigenvalue weighted by Crippen LogP contribution is -2.42. The minimum absolute atomic E-state index is 0.00557. The molecule has 0 fully saturated rings. The first-order chi connectivity index (χ1) is 11.5. The number of hydrogen-bond acceptors (Lipinski definition) is 5. The van der Waals surface area contributed by atoms with Gasteiger partial charge in [-0.15, -0.1) is 0 Å². The second-order valence-electron chi connectivity index (χ2n) is 5.37. The Morgan fingerprint density at radius 3 is 2.79 bits per heavy atom. The first-order valence-corrected chi connectivity index (χ1v) is 7.25. The van der Waals surface area contributed by atoms with Gasteiger partial charge in [0.15, 0.2) is 5.60 Å². The topological polar surface area (TPSA) is 97.6 Å². The number of carbonyl (C=O) groups excluding carboxylic acids is 1. The number of pyridine rings is 1. The SMILES string of the molecule is Cn1cccc(C(=O)NCC(O)(c2ccoc2)c2ccco2)c1=O. The van der Waals surface area contributed by atoms with Crippen LogP contribution in [0.2, 0.25) is 0 Å². The molecular weight excluding hydrogens is 312 g/mol. The van der Waals surface area contributed by atoms with Crippen LogP contribution in [0.4, 0.5) is 0 Å². The molecule has 1 unspecified atom stereocenters. The van der Waals surface area contributed by atoms with Crippen LogP contribution in [0.1, 0.15) is 21.7 Å². The summed E-state index contributed by atoms with van der Waals surface area (Å²) >= 11 is 0. The van der Waals surface area contributed by atoms with E-state index in [-0.39, 0.29) is 17.9 Å². The molecule has 0 radical (unpaired) electrons. The van der Waals surface area contributed by atoms with E-state index in [1.807, 2.05) is 0 Å². The molecule has 0 spiro atoms. The Balaban J connectivity index is 1.86. The molecule has 0 aliphatic carbocycles. The van der Waals surface area contributed by atoms with E-state index in [2.05, 4.69) is 5.32 Å². The van der Waals surface area contributed by atoms with Gasteiger partial charge in [-0.25, -0.2) is 0 Å². The van der Waals surface area contributed by atoms with E-state index in [0.717, 1.165) is 0 Å². The zero-order valence-corrected chi connectivity index (χ0v) is 12.9. The van der Waals surface area contributed by atoms with Crippen LogP contribution in [0, 0.1) is 0 Å². The Morgan fingerprint density at radius 2 is 2.12 bits per heavy atom. The molecule has 1 atom stereocenters. The molecular formula is C17H16N2O5. The van der Waals surface area contributed by atoms with Crippen molar-refractivity contribution < 1.29 is 18.7 Å². The molecule has 3 aromatic rings. The Labute approximate surface area is 137 Å². The number of carbonyl (C=O) groups is 1. The summed E-state index contributed by atoms with van der Waals surface area (Å²) in [6.07, 6.45) is 5.77. The summed E-state index contributed by atoms with van der Waals surface area (Å²) in [6, 6.07) is 7.85. The third kappa shape index (κ3) is 2.77. The number of nitrogens with one attached hydrogen (secondary N) is 1. The van der Waals surface area contributed by atoms with Gasteiger partial charge in [0, 0.05) is 18.8 Å². The highest BCUT2D eigenvalue weighted by Crippen LogP contribution is 2.29. The molecule has 3 heterocycles. The highest BCUT2D eigenvalue weighted by molar-refractivity contribution is 5.93. The fourth-order valence-corrected chi connectivity index (χ4v) is 2.42. The van der Waals surface area contributed by atoms with E-state index in [1.165, 1.54) is 29.4 Å². The van der Waals surface area contributed by atoms with E-state index in [4.69, 9.17) is 8.83 Å². The number of rotatable bonds is 5. The van der Waals surface area contributed by atoms with Crippen LogP contribution in [0.5, 0.6) is 0 Å². The van der Waals surface area contributed by atoms with Gasteiger partial charge in [-0.05, 0) is 30.3 Å². The number of nitrogens with zero attached hydrogens (tertiary/aromatic N) is 1. The van der Waals surface area contributed by atoms with Crippen molar-refractivity contribution in [3.63, 3.8) is 0 Å². The number of amides is 1. The first kappa shape index (κ1) is 15.8. The highest BCUT2D eigenvalue weighted by atomic mass is 16.4. The van der Waals surface area contributed by atoms with Gasteiger partial charge < -0.3 is 23.8 Å². The Morgan fingerprint density at radius 1 is 1.29 bits per heavy atom. The molecule has 7 nitrogen and oxygen atoms in total. The summed E-state index contributed by atoms with van der Waals surface area (Å²) in [4.78, 5) is 24.3. The van der Waals surface area contributed by atoms with Gasteiger partial charge in [0.1, 0.15) is 11.3 Å². The van der Waals surface area contributed by atoms with Gasteiger partial charge in [-0.3, -0.25) is 9.59 Å². The van der Waals surface area contributed by atoms with Crippen LogP contribution < -0.4 is 10.9 Å². The van der Waals surface area contributed by atoms with Crippen molar-refractivity contribution in [3.8, 4) is 0 Å². The van der Waals surface area contributed by atoms with E-state index < -0.39 is 17.1 Å². The van der Waals surface area contributed by atoms with Gasteiger partial charge in [0.2, 0.25) is 0 Å². The van der Waals surface area contributed by atoms with Crippen molar-refractivity contribution >= 4 is 5.91 Å². The zero-order chi connectivity index (χ0) is 17.2. The normalized spacial score (nSPS) is 13.4. The van der Waals surface area contributed by atoms with Crippen LogP contribution >= 0.6 is 0 Å². The predicted molar refractivity (Wildman–Crippen MR) is 84.4 cm³/mol. The summed E-state index contributed by atoms with van der Waals surface area (Å²) in [5.74, 6) is -0.324. The highest BCUT2D eigenvalue weighted by Gasteiger charge is 2.36. The second kappa shape index (κ2) is 6.21. The van der Waals surface area contributed by atoms with E-state index >= 15 is 0 Å². The summed E-state index contributed by atoms with van der Waals surface area (Å²) in [5.41, 5.74) is -1.60. The average Bonchev–Trinajstić information content (AvgIpc) is 3.28. The summed E-state index contributed by atoms with van der Waals surface area (Å²) in [5, 5.41) is 13.6. The molecule has 124 valence electrons. The minimum Gasteiger partial charge on any atom is -0.472 e. The predicted octanol–water partition coefficient (Wildman–Crippen LogP) is 1.24. The van der Waals surface area contributed by atoms with Crippen molar-refractivity contribution in [2.24, 2.45) is 7.05 Å². The van der Waals surface area contributed by atoms with Crippen LogP contribution in [-0.4, -0.2) is 22.1 Å². The van der Waals surface area contributed by atoms with Crippen LogP contribution in [0.3, 0.4) is 0 Å². The summed E-state index contributed by atoms with van der Waals surface area (Å²) < 4.78 is 11.6. The molecule has 7 heteroatoms. The molecule has 24 heavy (non-hydrogen) atoms. The molecule has 0 aliphatic rings. The smallest absolute Gasteiger partial charge is 0.263 e. The van der Waals surface area contributed by atoms with Gasteiger partial charge in [-0.1, -0.05) is 0 Å². The van der Waals surface area contributed by atoms with Gasteiger partial charge in [0.05, 0.1) is 25.3 Å². The Kier molecular flexibility index (Phi) is 4.09. The minimum atomic E-state index is -1.60. The molecule has 2 N–H and O–H groups in total. The lowest BCUT2D eigenvalue weighted by atomic mass is 9.93. The first-order valence-electron chi connectivity index (χ1n) is 7.25. The molecule has 3 rings (SSSR count). The number of aryl methyl sites for hydroxylation is 1. The van der Waals surface area contributed by atoms with E-state index in [0.29, 0.717) is 5.56 Å². The van der Waals surface area contributed by atoms with Crippen molar-refractivity contribution in [2.75, 3.05) is 6.54 Å². The molecule has 0 bridgehead atoms. The maximum atomic E-state index is 12.3.